The van der Waals surface area contributed by atoms with Crippen molar-refractivity contribution in [1.82, 2.24) is 4.90 Å². The average Bonchev–Trinajstić information content (AvgIpc) is 2.80. The van der Waals surface area contributed by atoms with Crippen molar-refractivity contribution in [1.29, 1.82) is 0 Å². The number of phenolic OH excluding ortho intramolecular Hbond substituents is 1. The maximum Gasteiger partial charge on any atom is 0.311 e. The summed E-state index contributed by atoms with van der Waals surface area (Å²) in [5, 5.41) is 20.8. The van der Waals surface area contributed by atoms with Crippen LogP contribution in [0.3, 0.4) is 0 Å². The largest absolute Gasteiger partial charge is 0.502 e. The molecule has 3 rings (SSSR count). The van der Waals surface area contributed by atoms with Gasteiger partial charge in [0.05, 0.1) is 10.6 Å². The zero-order valence-corrected chi connectivity index (χ0v) is 13.9. The number of benzene rings is 2. The van der Waals surface area contributed by atoms with E-state index in [4.69, 9.17) is 12.2 Å². The highest BCUT2D eigenvalue weighted by Gasteiger charge is 2.36. The standard InChI is InChI=1S/C17H13N3O4S/c1-18-14(10-11-7-8-15(21)13(9-11)20(23)24)16(22)19(17(18)25)12-5-3-2-4-6-12/h2-10,21H,1H3/b14-10-. The summed E-state index contributed by atoms with van der Waals surface area (Å²) >= 11 is 5.35. The molecule has 1 saturated heterocycles. The van der Waals surface area contributed by atoms with Crippen LogP contribution in [0.1, 0.15) is 5.56 Å². The number of nitrogens with zero attached hydrogens (tertiary/aromatic N) is 3. The number of thiocarbonyl (C=S) groups is 1. The summed E-state index contributed by atoms with van der Waals surface area (Å²) in [7, 11) is 1.66. The summed E-state index contributed by atoms with van der Waals surface area (Å²) in [5.41, 5.74) is 0.917. The quantitative estimate of drug-likeness (QED) is 0.394. The molecule has 1 amide bonds. The third-order valence-electron chi connectivity index (χ3n) is 3.78. The Kier molecular flexibility index (Phi) is 4.20. The van der Waals surface area contributed by atoms with Gasteiger partial charge in [-0.1, -0.05) is 24.3 Å². The molecule has 0 atom stereocenters. The fourth-order valence-electron chi connectivity index (χ4n) is 2.50. The first-order chi connectivity index (χ1) is 11.9. The van der Waals surface area contributed by atoms with Crippen LogP contribution in [-0.2, 0) is 4.79 Å². The van der Waals surface area contributed by atoms with Crippen LogP contribution in [0.25, 0.3) is 6.08 Å². The molecule has 0 unspecified atom stereocenters. The van der Waals surface area contributed by atoms with Crippen molar-refractivity contribution >= 4 is 40.7 Å². The molecule has 1 aliphatic rings. The first kappa shape index (κ1) is 16.6. The minimum Gasteiger partial charge on any atom is -0.502 e. The Morgan fingerprint density at radius 1 is 1.20 bits per heavy atom. The number of para-hydroxylation sites is 1. The van der Waals surface area contributed by atoms with Gasteiger partial charge in [-0.2, -0.15) is 0 Å². The molecule has 1 fully saturated rings. The maximum absolute atomic E-state index is 12.8. The second-order valence-corrected chi connectivity index (χ2v) is 5.72. The lowest BCUT2D eigenvalue weighted by atomic mass is 10.1. The summed E-state index contributed by atoms with van der Waals surface area (Å²) in [6, 6.07) is 12.9. The number of nitro benzene ring substituents is 1. The van der Waals surface area contributed by atoms with Crippen LogP contribution in [-0.4, -0.2) is 33.0 Å². The molecule has 1 aliphatic heterocycles. The molecule has 0 spiro atoms. The number of rotatable bonds is 3. The Balaban J connectivity index is 2.02. The van der Waals surface area contributed by atoms with E-state index in [1.807, 2.05) is 6.07 Å². The number of anilines is 1. The van der Waals surface area contributed by atoms with Gasteiger partial charge < -0.3 is 10.0 Å². The van der Waals surface area contributed by atoms with Crippen LogP contribution >= 0.6 is 12.2 Å². The van der Waals surface area contributed by atoms with E-state index in [0.717, 1.165) is 0 Å². The molecule has 126 valence electrons. The highest BCUT2D eigenvalue weighted by molar-refractivity contribution is 7.80. The van der Waals surface area contributed by atoms with Gasteiger partial charge in [-0.15, -0.1) is 0 Å². The molecular formula is C17H13N3O4S. The number of hydrogen-bond acceptors (Lipinski definition) is 5. The molecule has 8 heteroatoms. The predicted octanol–water partition coefficient (Wildman–Crippen LogP) is 2.90. The zero-order chi connectivity index (χ0) is 18.1. The highest BCUT2D eigenvalue weighted by atomic mass is 32.1. The fourth-order valence-corrected chi connectivity index (χ4v) is 2.78. The molecular weight excluding hydrogens is 342 g/mol. The van der Waals surface area contributed by atoms with Crippen LogP contribution < -0.4 is 4.90 Å². The number of phenols is 1. The first-order valence-corrected chi connectivity index (χ1v) is 7.67. The molecule has 2 aromatic carbocycles. The lowest BCUT2D eigenvalue weighted by Crippen LogP contribution is -2.30. The lowest BCUT2D eigenvalue weighted by molar-refractivity contribution is -0.385. The second kappa shape index (κ2) is 6.33. The molecule has 25 heavy (non-hydrogen) atoms. The number of carbonyl (C=O) groups is 1. The summed E-state index contributed by atoms with van der Waals surface area (Å²) < 4.78 is 0. The second-order valence-electron chi connectivity index (χ2n) is 5.35. The van der Waals surface area contributed by atoms with Crippen LogP contribution in [0.15, 0.2) is 54.2 Å². The van der Waals surface area contributed by atoms with E-state index in [-0.39, 0.29) is 11.6 Å². The summed E-state index contributed by atoms with van der Waals surface area (Å²) in [6.45, 7) is 0. The molecule has 1 heterocycles. The smallest absolute Gasteiger partial charge is 0.311 e. The summed E-state index contributed by atoms with van der Waals surface area (Å²) in [6.07, 6.45) is 1.50. The minimum atomic E-state index is -0.682. The molecule has 0 saturated carbocycles. The summed E-state index contributed by atoms with van der Waals surface area (Å²) in [4.78, 5) is 26.0. The Hall–Kier alpha value is -3.26. The number of carbonyl (C=O) groups excluding carboxylic acids is 1. The maximum atomic E-state index is 12.8. The number of aromatic hydroxyl groups is 1. The molecule has 0 radical (unpaired) electrons. The number of likely N-dealkylation sites (N-methyl/N-ethyl adjacent to an activating group) is 1. The normalized spacial score (nSPS) is 16.0. The monoisotopic (exact) mass is 355 g/mol. The predicted molar refractivity (Wildman–Crippen MR) is 97.0 cm³/mol. The van der Waals surface area contributed by atoms with E-state index in [2.05, 4.69) is 0 Å². The van der Waals surface area contributed by atoms with E-state index >= 15 is 0 Å². The molecule has 7 nitrogen and oxygen atoms in total. The van der Waals surface area contributed by atoms with Crippen LogP contribution in [0.2, 0.25) is 0 Å². The van der Waals surface area contributed by atoms with Crippen molar-refractivity contribution in [2.24, 2.45) is 0 Å². The van der Waals surface area contributed by atoms with Gasteiger partial charge in [-0.3, -0.25) is 19.8 Å². The van der Waals surface area contributed by atoms with Crippen LogP contribution in [0.5, 0.6) is 5.75 Å². The van der Waals surface area contributed by atoms with Crippen molar-refractivity contribution in [3.63, 3.8) is 0 Å². The average molecular weight is 355 g/mol. The number of nitro groups is 1. The Morgan fingerprint density at radius 3 is 2.52 bits per heavy atom. The zero-order valence-electron chi connectivity index (χ0n) is 13.1. The van der Waals surface area contributed by atoms with E-state index < -0.39 is 16.4 Å². The summed E-state index contributed by atoms with van der Waals surface area (Å²) in [5.74, 6) is -0.755. The molecule has 0 aromatic heterocycles. The first-order valence-electron chi connectivity index (χ1n) is 7.26. The van der Waals surface area contributed by atoms with Crippen LogP contribution in [0.4, 0.5) is 11.4 Å². The van der Waals surface area contributed by atoms with Crippen molar-refractivity contribution in [3.05, 3.63) is 69.9 Å². The third kappa shape index (κ3) is 2.94. The lowest BCUT2D eigenvalue weighted by Gasteiger charge is -2.16. The van der Waals surface area contributed by atoms with Gasteiger partial charge in [0.25, 0.3) is 5.91 Å². The van der Waals surface area contributed by atoms with Crippen molar-refractivity contribution in [2.45, 2.75) is 0 Å². The van der Waals surface area contributed by atoms with Gasteiger partial charge in [0, 0.05) is 13.1 Å². The molecule has 0 bridgehead atoms. The Morgan fingerprint density at radius 2 is 1.88 bits per heavy atom. The Bertz CT molecular complexity index is 911. The topological polar surface area (TPSA) is 86.9 Å². The van der Waals surface area contributed by atoms with Crippen molar-refractivity contribution in [2.75, 3.05) is 11.9 Å². The van der Waals surface area contributed by atoms with E-state index in [9.17, 15) is 20.0 Å². The van der Waals surface area contributed by atoms with Gasteiger partial charge >= 0.3 is 5.69 Å². The van der Waals surface area contributed by atoms with E-state index in [0.29, 0.717) is 16.4 Å². The number of amides is 1. The van der Waals surface area contributed by atoms with Crippen LogP contribution in [0, 0.1) is 10.1 Å². The molecule has 1 N–H and O–H groups in total. The SMILES string of the molecule is CN1C(=S)N(c2ccccc2)C(=O)/C1=C/c1ccc(O)c([N+](=O)[O-])c1. The molecule has 2 aromatic rings. The van der Waals surface area contributed by atoms with Gasteiger partial charge in [0.15, 0.2) is 10.9 Å². The number of hydrogen-bond donors (Lipinski definition) is 1. The van der Waals surface area contributed by atoms with Gasteiger partial charge in [0.1, 0.15) is 5.70 Å². The van der Waals surface area contributed by atoms with Gasteiger partial charge in [0.2, 0.25) is 0 Å². The van der Waals surface area contributed by atoms with Crippen molar-refractivity contribution in [3.8, 4) is 5.75 Å². The van der Waals surface area contributed by atoms with Gasteiger partial charge in [-0.05, 0) is 42.1 Å². The fraction of sp³-hybridized carbons (Fsp3) is 0.0588. The highest BCUT2D eigenvalue weighted by Crippen LogP contribution is 2.30. The molecule has 0 aliphatic carbocycles. The minimum absolute atomic E-state index is 0.286. The Labute approximate surface area is 148 Å². The third-order valence-corrected chi connectivity index (χ3v) is 4.23. The van der Waals surface area contributed by atoms with Crippen molar-refractivity contribution < 1.29 is 14.8 Å². The van der Waals surface area contributed by atoms with Gasteiger partial charge in [-0.25, -0.2) is 0 Å². The van der Waals surface area contributed by atoms with E-state index in [1.54, 1.807) is 36.2 Å². The van der Waals surface area contributed by atoms with E-state index in [1.165, 1.54) is 29.2 Å².